The Hall–Kier alpha value is -3.34. The molecule has 11 heteroatoms. The number of amidine groups is 1. The molecule has 2 atom stereocenters. The second kappa shape index (κ2) is 7.72. The van der Waals surface area contributed by atoms with E-state index >= 15 is 0 Å². The zero-order valence-electron chi connectivity index (χ0n) is 15.0. The Balaban J connectivity index is 1.79. The van der Waals surface area contributed by atoms with E-state index in [9.17, 15) is 13.6 Å². The van der Waals surface area contributed by atoms with E-state index in [1.807, 2.05) is 0 Å². The number of amides is 1. The van der Waals surface area contributed by atoms with Gasteiger partial charge in [-0.2, -0.15) is 0 Å². The predicted octanol–water partition coefficient (Wildman–Crippen LogP) is 2.13. The maximum absolute atomic E-state index is 14.3. The van der Waals surface area contributed by atoms with Crippen molar-refractivity contribution in [1.82, 2.24) is 9.97 Å². The molecule has 0 saturated carbocycles. The van der Waals surface area contributed by atoms with Gasteiger partial charge in [-0.1, -0.05) is 0 Å². The highest BCUT2D eigenvalue weighted by Gasteiger charge is 2.42. The molecule has 2 aromatic rings. The van der Waals surface area contributed by atoms with Crippen molar-refractivity contribution in [2.75, 3.05) is 19.0 Å². The lowest BCUT2D eigenvalue weighted by Crippen LogP contribution is -2.43. The van der Waals surface area contributed by atoms with Crippen molar-refractivity contribution in [2.45, 2.75) is 18.8 Å². The van der Waals surface area contributed by atoms with Crippen molar-refractivity contribution in [1.29, 1.82) is 0 Å². The minimum absolute atomic E-state index is 0.0339. The first kappa shape index (κ1) is 19.4. The number of anilines is 1. The Bertz CT molecular complexity index is 909. The summed E-state index contributed by atoms with van der Waals surface area (Å²) < 4.78 is 43.4. The molecule has 2 unspecified atom stereocenters. The van der Waals surface area contributed by atoms with Crippen molar-refractivity contribution in [3.63, 3.8) is 0 Å². The van der Waals surface area contributed by atoms with E-state index < -0.39 is 23.8 Å². The number of methoxy groups -OCH3 is 1. The van der Waals surface area contributed by atoms with E-state index in [1.54, 1.807) is 0 Å². The Kier molecular flexibility index (Phi) is 5.36. The molecule has 0 saturated heterocycles. The molecule has 0 bridgehead atoms. The van der Waals surface area contributed by atoms with Crippen LogP contribution in [0.1, 0.15) is 12.5 Å². The van der Waals surface area contributed by atoms with Crippen LogP contribution < -0.4 is 20.5 Å². The zero-order valence-corrected chi connectivity index (χ0v) is 15.0. The monoisotopic (exact) mass is 393 g/mol. The van der Waals surface area contributed by atoms with Crippen LogP contribution in [-0.2, 0) is 10.3 Å². The zero-order chi connectivity index (χ0) is 20.3. The van der Waals surface area contributed by atoms with Gasteiger partial charge >= 0.3 is 6.09 Å². The Morgan fingerprint density at radius 1 is 1.36 bits per heavy atom. The molecule has 0 fully saturated rings. The molecule has 148 valence electrons. The fraction of sp³-hybridized carbons (Fsp3) is 0.294. The highest BCUT2D eigenvalue weighted by molar-refractivity contribution is 5.86. The molecule has 28 heavy (non-hydrogen) atoms. The van der Waals surface area contributed by atoms with Gasteiger partial charge in [-0.15, -0.1) is 0 Å². The molecule has 3 rings (SSSR count). The van der Waals surface area contributed by atoms with E-state index in [1.165, 1.54) is 38.6 Å². The van der Waals surface area contributed by atoms with Gasteiger partial charge in [0.2, 0.25) is 18.1 Å². The number of hydrogen-bond donors (Lipinski definition) is 2. The van der Waals surface area contributed by atoms with Crippen LogP contribution in [0.15, 0.2) is 35.6 Å². The first-order chi connectivity index (χ1) is 13.3. The second-order valence-corrected chi connectivity index (χ2v) is 5.98. The minimum Gasteiger partial charge on any atom is -0.480 e. The largest absolute Gasteiger partial charge is 0.480 e. The van der Waals surface area contributed by atoms with Crippen molar-refractivity contribution >= 4 is 17.6 Å². The predicted molar refractivity (Wildman–Crippen MR) is 94.5 cm³/mol. The van der Waals surface area contributed by atoms with Crippen LogP contribution in [0.2, 0.25) is 0 Å². The number of nitrogens with two attached hydrogens (primary N) is 1. The number of carbonyl (C=O) groups is 1. The van der Waals surface area contributed by atoms with Crippen molar-refractivity contribution in [3.8, 4) is 11.8 Å². The SMILES string of the molecule is COc1cnc(OC(=O)Nc2ccc(F)c(C3(C)N=C(N)COC3F)c2)cn1. The number of benzene rings is 1. The molecular formula is C17H17F2N5O4. The average Bonchev–Trinajstić information content (AvgIpc) is 2.67. The summed E-state index contributed by atoms with van der Waals surface area (Å²) in [5.41, 5.74) is 3.92. The maximum Gasteiger partial charge on any atom is 0.418 e. The Labute approximate surface area is 158 Å². The third-order valence-corrected chi connectivity index (χ3v) is 3.96. The molecule has 9 nitrogen and oxygen atoms in total. The number of aliphatic imine (C=N–C) groups is 1. The van der Waals surface area contributed by atoms with Crippen LogP contribution in [0.3, 0.4) is 0 Å². The fourth-order valence-corrected chi connectivity index (χ4v) is 2.58. The summed E-state index contributed by atoms with van der Waals surface area (Å²) in [4.78, 5) is 23.7. The summed E-state index contributed by atoms with van der Waals surface area (Å²) >= 11 is 0. The molecule has 3 N–H and O–H groups in total. The third kappa shape index (κ3) is 3.98. The standard InChI is InChI=1S/C17H17F2N5O4/c1-17(15(19)27-8-12(20)24-17)10-5-9(3-4-11(10)18)23-16(25)28-14-7-21-13(26-2)6-22-14/h3-7,15H,8H2,1-2H3,(H2,20,24)(H,23,25). The molecule has 0 radical (unpaired) electrons. The lowest BCUT2D eigenvalue weighted by atomic mass is 9.90. The van der Waals surface area contributed by atoms with E-state index in [0.29, 0.717) is 0 Å². The Morgan fingerprint density at radius 3 is 2.75 bits per heavy atom. The van der Waals surface area contributed by atoms with Gasteiger partial charge in [-0.3, -0.25) is 10.3 Å². The number of halogens is 2. The van der Waals surface area contributed by atoms with Gasteiger partial charge in [-0.25, -0.2) is 23.5 Å². The Morgan fingerprint density at radius 2 is 2.07 bits per heavy atom. The number of carbonyl (C=O) groups excluding carboxylic acids is 1. The second-order valence-electron chi connectivity index (χ2n) is 5.98. The molecule has 0 spiro atoms. The number of ether oxygens (including phenoxy) is 3. The highest BCUT2D eigenvalue weighted by Crippen LogP contribution is 2.37. The minimum atomic E-state index is -1.91. The van der Waals surface area contributed by atoms with Gasteiger partial charge in [0.05, 0.1) is 19.5 Å². The van der Waals surface area contributed by atoms with E-state index in [0.717, 1.165) is 6.07 Å². The van der Waals surface area contributed by atoms with Gasteiger partial charge in [0.1, 0.15) is 23.8 Å². The van der Waals surface area contributed by atoms with Crippen molar-refractivity contribution in [2.24, 2.45) is 10.7 Å². The van der Waals surface area contributed by atoms with Crippen molar-refractivity contribution < 1.29 is 27.8 Å². The topological polar surface area (TPSA) is 121 Å². The van der Waals surface area contributed by atoms with Gasteiger partial charge in [0.15, 0.2) is 0 Å². The maximum atomic E-state index is 14.3. The summed E-state index contributed by atoms with van der Waals surface area (Å²) in [6.07, 6.45) is -0.347. The number of rotatable bonds is 4. The fourth-order valence-electron chi connectivity index (χ4n) is 2.58. The summed E-state index contributed by atoms with van der Waals surface area (Å²) in [5, 5.41) is 2.40. The van der Waals surface area contributed by atoms with E-state index in [2.05, 4.69) is 20.3 Å². The van der Waals surface area contributed by atoms with Crippen LogP contribution in [0.25, 0.3) is 0 Å². The molecule has 1 aromatic carbocycles. The van der Waals surface area contributed by atoms with Gasteiger partial charge in [0, 0.05) is 11.3 Å². The molecule has 0 aliphatic carbocycles. The first-order valence-electron chi connectivity index (χ1n) is 8.06. The third-order valence-electron chi connectivity index (χ3n) is 3.96. The number of aromatic nitrogens is 2. The number of nitrogens with one attached hydrogen (secondary N) is 1. The van der Waals surface area contributed by atoms with Gasteiger partial charge in [-0.05, 0) is 25.1 Å². The highest BCUT2D eigenvalue weighted by atomic mass is 19.1. The molecule has 1 amide bonds. The van der Waals surface area contributed by atoms with Crippen LogP contribution in [0.5, 0.6) is 11.8 Å². The quantitative estimate of drug-likeness (QED) is 0.816. The summed E-state index contributed by atoms with van der Waals surface area (Å²) in [6.45, 7) is 1.16. The molecule has 1 aliphatic heterocycles. The van der Waals surface area contributed by atoms with E-state index in [-0.39, 0.29) is 35.5 Å². The lowest BCUT2D eigenvalue weighted by molar-refractivity contribution is -0.0805. The van der Waals surface area contributed by atoms with Crippen molar-refractivity contribution in [3.05, 3.63) is 42.0 Å². The lowest BCUT2D eigenvalue weighted by Gasteiger charge is -2.33. The normalized spacial score (nSPS) is 21.6. The number of alkyl halides is 1. The smallest absolute Gasteiger partial charge is 0.418 e. The van der Waals surface area contributed by atoms with Gasteiger partial charge < -0.3 is 19.9 Å². The summed E-state index contributed by atoms with van der Waals surface area (Å²) in [5.74, 6) is -0.521. The number of hydrogen-bond acceptors (Lipinski definition) is 8. The molecule has 1 aromatic heterocycles. The van der Waals surface area contributed by atoms with Crippen LogP contribution in [0.4, 0.5) is 19.3 Å². The van der Waals surface area contributed by atoms with E-state index in [4.69, 9.17) is 19.9 Å². The molecular weight excluding hydrogens is 376 g/mol. The summed E-state index contributed by atoms with van der Waals surface area (Å²) in [6, 6.07) is 3.58. The van der Waals surface area contributed by atoms with Crippen LogP contribution >= 0.6 is 0 Å². The molecule has 1 aliphatic rings. The summed E-state index contributed by atoms with van der Waals surface area (Å²) in [7, 11) is 1.42. The number of nitrogens with zero attached hydrogens (tertiary/aromatic N) is 3. The first-order valence-corrected chi connectivity index (χ1v) is 8.06. The average molecular weight is 393 g/mol. The van der Waals surface area contributed by atoms with Gasteiger partial charge in [0.25, 0.3) is 0 Å². The molecule has 2 heterocycles. The van der Waals surface area contributed by atoms with Crippen LogP contribution in [0, 0.1) is 5.82 Å². The van der Waals surface area contributed by atoms with Crippen LogP contribution in [-0.4, -0.2) is 42.0 Å².